The van der Waals surface area contributed by atoms with Crippen LogP contribution in [0.5, 0.6) is 0 Å². The molecule has 1 N–H and O–H groups in total. The summed E-state index contributed by atoms with van der Waals surface area (Å²) in [6.45, 7) is 0.517. The predicted octanol–water partition coefficient (Wildman–Crippen LogP) is 1.90. The van der Waals surface area contributed by atoms with Gasteiger partial charge in [0.2, 0.25) is 10.9 Å². The Morgan fingerprint density at radius 2 is 2.26 bits per heavy atom. The molecule has 120 valence electrons. The molecule has 1 amide bonds. The van der Waals surface area contributed by atoms with Crippen molar-refractivity contribution in [3.8, 4) is 11.4 Å². The molecule has 8 heteroatoms. The van der Waals surface area contributed by atoms with Crippen molar-refractivity contribution in [2.45, 2.75) is 6.42 Å². The molecular weight excluding hydrogens is 319 g/mol. The number of nitrogens with zero attached hydrogens (tertiary/aromatic N) is 3. The summed E-state index contributed by atoms with van der Waals surface area (Å²) in [6, 6.07) is 6.42. The van der Waals surface area contributed by atoms with Crippen molar-refractivity contribution >= 4 is 22.2 Å². The molecule has 0 aliphatic rings. The number of carbonyl (C=O) groups is 1. The van der Waals surface area contributed by atoms with Gasteiger partial charge in [-0.05, 0) is 12.1 Å². The molecule has 0 saturated heterocycles. The van der Waals surface area contributed by atoms with Crippen molar-refractivity contribution in [3.05, 3.63) is 41.2 Å². The molecule has 6 nitrogen and oxygen atoms in total. The molecule has 23 heavy (non-hydrogen) atoms. The zero-order valence-corrected chi connectivity index (χ0v) is 13.3. The van der Waals surface area contributed by atoms with Gasteiger partial charge in [0.15, 0.2) is 5.82 Å². The van der Waals surface area contributed by atoms with Crippen molar-refractivity contribution in [1.29, 1.82) is 0 Å². The summed E-state index contributed by atoms with van der Waals surface area (Å²) in [7, 11) is 1.47. The Bertz CT molecular complexity index is 830. The number of amides is 1. The van der Waals surface area contributed by atoms with E-state index in [9.17, 15) is 9.18 Å². The molecule has 0 aliphatic carbocycles. The first-order valence-electron chi connectivity index (χ1n) is 7.02. The van der Waals surface area contributed by atoms with E-state index in [1.165, 1.54) is 24.5 Å². The Balaban J connectivity index is 1.76. The van der Waals surface area contributed by atoms with E-state index in [-0.39, 0.29) is 18.3 Å². The summed E-state index contributed by atoms with van der Waals surface area (Å²) in [5.41, 5.74) is 1.29. The van der Waals surface area contributed by atoms with E-state index in [0.29, 0.717) is 29.3 Å². The quantitative estimate of drug-likeness (QED) is 0.748. The second kappa shape index (κ2) is 6.84. The molecular formula is C15H15FN4O2S. The van der Waals surface area contributed by atoms with Gasteiger partial charge in [-0.2, -0.15) is 4.98 Å². The van der Waals surface area contributed by atoms with E-state index < -0.39 is 0 Å². The minimum Gasteiger partial charge on any atom is -0.375 e. The second-order valence-corrected chi connectivity index (χ2v) is 5.71. The summed E-state index contributed by atoms with van der Waals surface area (Å²) in [5.74, 6) is -0.150. The minimum absolute atomic E-state index is 0.0415. The van der Waals surface area contributed by atoms with Crippen LogP contribution in [0.25, 0.3) is 16.3 Å². The molecule has 3 rings (SSSR count). The fraction of sp³-hybridized carbons (Fsp3) is 0.267. The smallest absolute Gasteiger partial charge is 0.245 e. The first-order chi connectivity index (χ1) is 11.2. The summed E-state index contributed by atoms with van der Waals surface area (Å²) in [6.07, 6.45) is 0.607. The lowest BCUT2D eigenvalue weighted by atomic mass is 10.2. The van der Waals surface area contributed by atoms with Crippen LogP contribution in [-0.2, 0) is 16.0 Å². The Hall–Kier alpha value is -2.32. The van der Waals surface area contributed by atoms with Gasteiger partial charge in [-0.15, -0.1) is 16.4 Å². The number of fused-ring (bicyclic) bond motifs is 1. The van der Waals surface area contributed by atoms with Gasteiger partial charge in [-0.1, -0.05) is 12.1 Å². The highest BCUT2D eigenvalue weighted by atomic mass is 32.1. The summed E-state index contributed by atoms with van der Waals surface area (Å²) < 4.78 is 20.3. The van der Waals surface area contributed by atoms with E-state index in [0.717, 1.165) is 5.69 Å². The Morgan fingerprint density at radius 3 is 3.04 bits per heavy atom. The molecule has 0 aliphatic heterocycles. The summed E-state index contributed by atoms with van der Waals surface area (Å²) in [4.78, 5) is 16.4. The van der Waals surface area contributed by atoms with Crippen molar-refractivity contribution in [2.75, 3.05) is 20.3 Å². The van der Waals surface area contributed by atoms with E-state index in [1.807, 2.05) is 5.38 Å². The zero-order chi connectivity index (χ0) is 16.2. The number of halogens is 1. The number of thiazole rings is 1. The molecule has 2 heterocycles. The fourth-order valence-corrected chi connectivity index (χ4v) is 3.02. The predicted molar refractivity (Wildman–Crippen MR) is 84.8 cm³/mol. The van der Waals surface area contributed by atoms with Crippen LogP contribution in [0.2, 0.25) is 0 Å². The maximum atomic E-state index is 13.8. The Morgan fingerprint density at radius 1 is 1.43 bits per heavy atom. The topological polar surface area (TPSA) is 68.5 Å². The van der Waals surface area contributed by atoms with E-state index in [2.05, 4.69) is 15.4 Å². The number of carbonyl (C=O) groups excluding carboxylic acids is 1. The monoisotopic (exact) mass is 334 g/mol. The normalized spacial score (nSPS) is 11.0. The van der Waals surface area contributed by atoms with Gasteiger partial charge in [0, 0.05) is 25.5 Å². The number of ether oxygens (including phenoxy) is 1. The molecule has 0 unspecified atom stereocenters. The molecule has 0 fully saturated rings. The van der Waals surface area contributed by atoms with E-state index in [4.69, 9.17) is 4.74 Å². The minimum atomic E-state index is -0.348. The van der Waals surface area contributed by atoms with Gasteiger partial charge < -0.3 is 10.1 Å². The van der Waals surface area contributed by atoms with Gasteiger partial charge in [0.25, 0.3) is 0 Å². The van der Waals surface area contributed by atoms with Gasteiger partial charge in [0.05, 0.1) is 11.3 Å². The first kappa shape index (κ1) is 15.6. The van der Waals surface area contributed by atoms with Crippen LogP contribution in [0, 0.1) is 5.82 Å². The van der Waals surface area contributed by atoms with Crippen LogP contribution in [0.1, 0.15) is 5.69 Å². The molecule has 3 aromatic rings. The average Bonchev–Trinajstić information content (AvgIpc) is 3.10. The number of rotatable bonds is 6. The lowest BCUT2D eigenvalue weighted by Gasteiger charge is -2.03. The van der Waals surface area contributed by atoms with E-state index >= 15 is 0 Å². The van der Waals surface area contributed by atoms with Crippen molar-refractivity contribution in [3.63, 3.8) is 0 Å². The third-order valence-corrected chi connectivity index (χ3v) is 4.11. The maximum Gasteiger partial charge on any atom is 0.245 e. The zero-order valence-electron chi connectivity index (χ0n) is 12.5. The number of aromatic nitrogens is 3. The lowest BCUT2D eigenvalue weighted by molar-refractivity contribution is -0.124. The lowest BCUT2D eigenvalue weighted by Crippen LogP contribution is -2.29. The highest BCUT2D eigenvalue weighted by Crippen LogP contribution is 2.22. The summed E-state index contributed by atoms with van der Waals surface area (Å²) >= 11 is 1.43. The van der Waals surface area contributed by atoms with E-state index in [1.54, 1.807) is 22.7 Å². The maximum absolute atomic E-state index is 13.8. The molecule has 0 bridgehead atoms. The molecule has 1 aromatic carbocycles. The van der Waals surface area contributed by atoms with Crippen molar-refractivity contribution in [1.82, 2.24) is 19.9 Å². The Kier molecular flexibility index (Phi) is 4.63. The second-order valence-electron chi connectivity index (χ2n) is 4.87. The van der Waals surface area contributed by atoms with Crippen LogP contribution >= 0.6 is 11.3 Å². The number of hydrogen-bond donors (Lipinski definition) is 1. The summed E-state index contributed by atoms with van der Waals surface area (Å²) in [5, 5.41) is 9.06. The number of nitrogens with one attached hydrogen (secondary N) is 1. The standard InChI is InChI=1S/C15H15FN4O2S/c1-22-8-13(21)17-7-6-10-9-23-15-18-14(19-20(10)15)11-4-2-3-5-12(11)16/h2-5,9H,6-8H2,1H3,(H,17,21). The van der Waals surface area contributed by atoms with Crippen LogP contribution < -0.4 is 5.32 Å². The number of hydrogen-bond acceptors (Lipinski definition) is 5. The molecule has 0 atom stereocenters. The van der Waals surface area contributed by atoms with Crippen molar-refractivity contribution < 1.29 is 13.9 Å². The first-order valence-corrected chi connectivity index (χ1v) is 7.90. The SMILES string of the molecule is COCC(=O)NCCc1csc2nc(-c3ccccc3F)nn12. The largest absolute Gasteiger partial charge is 0.375 e. The van der Waals surface area contributed by atoms with Gasteiger partial charge in [-0.25, -0.2) is 8.91 Å². The number of methoxy groups -OCH3 is 1. The van der Waals surface area contributed by atoms with Gasteiger partial charge in [0.1, 0.15) is 12.4 Å². The van der Waals surface area contributed by atoms with Crippen LogP contribution in [-0.4, -0.2) is 40.8 Å². The highest BCUT2D eigenvalue weighted by Gasteiger charge is 2.14. The van der Waals surface area contributed by atoms with Gasteiger partial charge >= 0.3 is 0 Å². The number of benzene rings is 1. The van der Waals surface area contributed by atoms with Crippen LogP contribution in [0.4, 0.5) is 4.39 Å². The van der Waals surface area contributed by atoms with Crippen LogP contribution in [0.3, 0.4) is 0 Å². The van der Waals surface area contributed by atoms with Gasteiger partial charge in [-0.3, -0.25) is 4.79 Å². The highest BCUT2D eigenvalue weighted by molar-refractivity contribution is 7.15. The Labute approximate surface area is 135 Å². The molecule has 0 radical (unpaired) electrons. The molecule has 0 spiro atoms. The molecule has 2 aromatic heterocycles. The molecule has 0 saturated carbocycles. The fourth-order valence-electron chi connectivity index (χ4n) is 2.17. The third-order valence-electron chi connectivity index (χ3n) is 3.24. The van der Waals surface area contributed by atoms with Crippen LogP contribution in [0.15, 0.2) is 29.6 Å². The third kappa shape index (κ3) is 3.38. The van der Waals surface area contributed by atoms with Crippen molar-refractivity contribution in [2.24, 2.45) is 0 Å². The average molecular weight is 334 g/mol.